The molecule has 1 aliphatic rings. The molecule has 7 nitrogen and oxygen atoms in total. The molecule has 1 N–H and O–H groups in total. The van der Waals surface area contributed by atoms with Crippen LogP contribution in [-0.4, -0.2) is 28.9 Å². The number of carbonyl (C=O) groups is 2. The molecule has 0 saturated carbocycles. The number of nitrogens with zero attached hydrogens (tertiary/aromatic N) is 2. The van der Waals surface area contributed by atoms with Crippen LogP contribution in [0.15, 0.2) is 87.0 Å². The molecule has 1 amide bonds. The van der Waals surface area contributed by atoms with Crippen LogP contribution in [0.1, 0.15) is 27.7 Å². The molecule has 37 heavy (non-hydrogen) atoms. The van der Waals surface area contributed by atoms with Gasteiger partial charge in [-0.05, 0) is 66.6 Å². The number of methoxy groups -OCH3 is 1. The molecule has 6 rings (SSSR count). The molecule has 0 bridgehead atoms. The minimum atomic E-state index is -0.910. The van der Waals surface area contributed by atoms with Gasteiger partial charge < -0.3 is 14.3 Å². The van der Waals surface area contributed by atoms with E-state index in [0.29, 0.717) is 22.0 Å². The summed E-state index contributed by atoms with van der Waals surface area (Å²) in [7, 11) is 1.56. The summed E-state index contributed by atoms with van der Waals surface area (Å²) in [6.45, 7) is 1.98. The fourth-order valence-corrected chi connectivity index (χ4v) is 5.99. The number of hydrogen-bond acceptors (Lipinski definition) is 7. The number of aryl methyl sites for hydroxylation is 1. The summed E-state index contributed by atoms with van der Waals surface area (Å²) >= 11 is 4.75. The lowest BCUT2D eigenvalue weighted by Crippen LogP contribution is -2.30. The maximum Gasteiger partial charge on any atom is 0.296 e. The summed E-state index contributed by atoms with van der Waals surface area (Å²) in [6, 6.07) is 19.0. The molecule has 3 aromatic carbocycles. The molecule has 0 fully saturated rings. The molecule has 5 aromatic rings. The van der Waals surface area contributed by atoms with Gasteiger partial charge in [-0.1, -0.05) is 45.5 Å². The molecule has 0 aliphatic carbocycles. The Hall–Kier alpha value is -3.95. The van der Waals surface area contributed by atoms with E-state index < -0.39 is 23.5 Å². The first-order valence-corrected chi connectivity index (χ1v) is 13.0. The fraction of sp³-hybridized carbons (Fsp3) is 0.107. The molecule has 1 atom stereocenters. The highest BCUT2D eigenvalue weighted by Crippen LogP contribution is 2.45. The number of aromatic nitrogens is 1. The van der Waals surface area contributed by atoms with E-state index in [9.17, 15) is 14.7 Å². The lowest BCUT2D eigenvalue weighted by atomic mass is 9.95. The number of furan rings is 1. The number of amides is 1. The van der Waals surface area contributed by atoms with E-state index in [-0.39, 0.29) is 11.3 Å². The fourth-order valence-electron chi connectivity index (χ4n) is 4.52. The zero-order chi connectivity index (χ0) is 25.8. The highest BCUT2D eigenvalue weighted by molar-refractivity contribution is 9.10. The normalized spacial score (nSPS) is 15.8. The second-order valence-electron chi connectivity index (χ2n) is 8.70. The van der Waals surface area contributed by atoms with E-state index in [1.54, 1.807) is 43.5 Å². The monoisotopic (exact) mass is 574 g/mol. The van der Waals surface area contributed by atoms with E-state index in [1.807, 2.05) is 37.3 Å². The summed E-state index contributed by atoms with van der Waals surface area (Å²) in [4.78, 5) is 33.3. The minimum absolute atomic E-state index is 0.0303. The van der Waals surface area contributed by atoms with Crippen LogP contribution in [0.2, 0.25) is 0 Å². The van der Waals surface area contributed by atoms with Crippen molar-refractivity contribution in [2.24, 2.45) is 0 Å². The van der Waals surface area contributed by atoms with E-state index >= 15 is 0 Å². The Kier molecular flexibility index (Phi) is 5.62. The second-order valence-corrected chi connectivity index (χ2v) is 10.6. The van der Waals surface area contributed by atoms with E-state index in [0.717, 1.165) is 25.6 Å². The van der Waals surface area contributed by atoms with Crippen LogP contribution in [0.5, 0.6) is 5.75 Å². The highest BCUT2D eigenvalue weighted by atomic mass is 79.9. The third-order valence-corrected chi connectivity index (χ3v) is 7.84. The Balaban J connectivity index is 1.50. The zero-order valence-corrected chi connectivity index (χ0v) is 22.1. The number of halogens is 1. The van der Waals surface area contributed by atoms with Crippen molar-refractivity contribution >= 4 is 65.3 Å². The number of rotatable bonds is 5. The van der Waals surface area contributed by atoms with Crippen molar-refractivity contribution in [3.8, 4) is 5.75 Å². The first-order valence-electron chi connectivity index (χ1n) is 11.4. The third kappa shape index (κ3) is 3.91. The SMILES string of the molecule is COc1ccc(C2C(C(=O)c3cc4cc(Br)ccc4o3)=C(O)C(=O)N2c2nc3ccc(C)cc3s2)cc1. The van der Waals surface area contributed by atoms with E-state index in [2.05, 4.69) is 20.9 Å². The number of benzene rings is 3. The summed E-state index contributed by atoms with van der Waals surface area (Å²) in [5.74, 6) is -1.23. The number of carbonyl (C=O) groups excluding carboxylic acids is 2. The first-order chi connectivity index (χ1) is 17.8. The molecule has 1 aliphatic heterocycles. The van der Waals surface area contributed by atoms with Crippen molar-refractivity contribution in [2.75, 3.05) is 12.0 Å². The molecule has 3 heterocycles. The Morgan fingerprint density at radius 1 is 1.11 bits per heavy atom. The molecule has 0 radical (unpaired) electrons. The van der Waals surface area contributed by atoms with Crippen LogP contribution in [0.3, 0.4) is 0 Å². The number of aliphatic hydroxyl groups excluding tert-OH is 1. The van der Waals surface area contributed by atoms with Gasteiger partial charge in [0, 0.05) is 9.86 Å². The lowest BCUT2D eigenvalue weighted by molar-refractivity contribution is -0.117. The largest absolute Gasteiger partial charge is 0.503 e. The Morgan fingerprint density at radius 2 is 1.89 bits per heavy atom. The topological polar surface area (TPSA) is 92.9 Å². The molecule has 1 unspecified atom stereocenters. The van der Waals surface area contributed by atoms with Crippen LogP contribution in [0.25, 0.3) is 21.2 Å². The number of anilines is 1. The van der Waals surface area contributed by atoms with Gasteiger partial charge in [0.25, 0.3) is 5.91 Å². The van der Waals surface area contributed by atoms with Crippen molar-refractivity contribution in [3.63, 3.8) is 0 Å². The number of thiazole rings is 1. The second kappa shape index (κ2) is 8.86. The van der Waals surface area contributed by atoms with Crippen molar-refractivity contribution in [1.82, 2.24) is 4.98 Å². The summed E-state index contributed by atoms with van der Waals surface area (Å²) in [6.07, 6.45) is 0. The molecule has 2 aromatic heterocycles. The van der Waals surface area contributed by atoms with Crippen LogP contribution in [-0.2, 0) is 4.79 Å². The summed E-state index contributed by atoms with van der Waals surface area (Å²) in [5.41, 5.74) is 2.87. The molecule has 0 spiro atoms. The number of aliphatic hydroxyl groups is 1. The van der Waals surface area contributed by atoms with Gasteiger partial charge in [0.2, 0.25) is 5.78 Å². The van der Waals surface area contributed by atoms with Gasteiger partial charge in [-0.2, -0.15) is 0 Å². The number of Topliss-reactive ketones (excluding diaryl/α,β-unsaturated/α-hetero) is 1. The number of ether oxygens (including phenoxy) is 1. The van der Waals surface area contributed by atoms with Gasteiger partial charge in [-0.15, -0.1) is 0 Å². The maximum atomic E-state index is 13.8. The van der Waals surface area contributed by atoms with Crippen LogP contribution in [0.4, 0.5) is 5.13 Å². The summed E-state index contributed by atoms with van der Waals surface area (Å²) in [5, 5.41) is 12.2. The van der Waals surface area contributed by atoms with Gasteiger partial charge in [-0.25, -0.2) is 4.98 Å². The average Bonchev–Trinajstić information content (AvgIpc) is 3.57. The number of ketones is 1. The number of fused-ring (bicyclic) bond motifs is 2. The maximum absolute atomic E-state index is 13.8. The predicted octanol–water partition coefficient (Wildman–Crippen LogP) is 6.90. The van der Waals surface area contributed by atoms with E-state index in [4.69, 9.17) is 9.15 Å². The molecule has 9 heteroatoms. The third-order valence-electron chi connectivity index (χ3n) is 6.33. The first kappa shape index (κ1) is 23.4. The molecule has 0 saturated heterocycles. The minimum Gasteiger partial charge on any atom is -0.503 e. The Bertz CT molecular complexity index is 1750. The van der Waals surface area contributed by atoms with Gasteiger partial charge in [0.05, 0.1) is 28.9 Å². The Morgan fingerprint density at radius 3 is 2.65 bits per heavy atom. The standard InChI is InChI=1S/C28H19BrN2O5S/c1-14-3-9-19-22(11-14)37-28(30-19)31-24(15-4-7-18(35-2)8-5-15)23(26(33)27(31)34)25(32)21-13-16-12-17(29)6-10-20(16)36-21/h3-13,24,33H,1-2H3. The smallest absolute Gasteiger partial charge is 0.296 e. The highest BCUT2D eigenvalue weighted by Gasteiger charge is 2.46. The van der Waals surface area contributed by atoms with Crippen LogP contribution < -0.4 is 9.64 Å². The van der Waals surface area contributed by atoms with E-state index in [1.165, 1.54) is 16.2 Å². The molecular weight excluding hydrogens is 556 g/mol. The lowest BCUT2D eigenvalue weighted by Gasteiger charge is -2.24. The molecular formula is C28H19BrN2O5S. The van der Waals surface area contributed by atoms with Gasteiger partial charge in [-0.3, -0.25) is 14.5 Å². The predicted molar refractivity (Wildman–Crippen MR) is 145 cm³/mol. The van der Waals surface area contributed by atoms with Gasteiger partial charge in [0.1, 0.15) is 11.3 Å². The Labute approximate surface area is 223 Å². The van der Waals surface area contributed by atoms with Gasteiger partial charge in [0.15, 0.2) is 16.7 Å². The van der Waals surface area contributed by atoms with Crippen LogP contribution >= 0.6 is 27.3 Å². The van der Waals surface area contributed by atoms with Gasteiger partial charge >= 0.3 is 0 Å². The number of hydrogen-bond donors (Lipinski definition) is 1. The van der Waals surface area contributed by atoms with Crippen molar-refractivity contribution < 1.29 is 23.8 Å². The summed E-state index contributed by atoms with van der Waals surface area (Å²) < 4.78 is 12.9. The van der Waals surface area contributed by atoms with Crippen molar-refractivity contribution in [2.45, 2.75) is 13.0 Å². The molecule has 184 valence electrons. The van der Waals surface area contributed by atoms with Crippen molar-refractivity contribution in [3.05, 3.63) is 99.4 Å². The quantitative estimate of drug-likeness (QED) is 0.229. The van der Waals surface area contributed by atoms with Crippen LogP contribution in [0, 0.1) is 6.92 Å². The zero-order valence-electron chi connectivity index (χ0n) is 19.7. The van der Waals surface area contributed by atoms with Crippen molar-refractivity contribution in [1.29, 1.82) is 0 Å². The average molecular weight is 575 g/mol.